The number of nitrogens with zero attached hydrogens (tertiary/aromatic N) is 2. The minimum absolute atomic E-state index is 0.328. The van der Waals surface area contributed by atoms with Crippen molar-refractivity contribution in [3.63, 3.8) is 0 Å². The Morgan fingerprint density at radius 1 is 1.21 bits per heavy atom. The predicted octanol–water partition coefficient (Wildman–Crippen LogP) is 4.04. The number of aryl methyl sites for hydroxylation is 1. The van der Waals surface area contributed by atoms with Crippen molar-refractivity contribution in [3.05, 3.63) is 17.3 Å². The van der Waals surface area contributed by atoms with E-state index in [2.05, 4.69) is 22.2 Å². The highest BCUT2D eigenvalue weighted by Gasteiger charge is 2.25. The van der Waals surface area contributed by atoms with Crippen LogP contribution in [0.2, 0.25) is 0 Å². The van der Waals surface area contributed by atoms with Crippen LogP contribution >= 0.6 is 0 Å². The van der Waals surface area contributed by atoms with E-state index in [0.29, 0.717) is 17.4 Å². The maximum absolute atomic E-state index is 13.7. The topological polar surface area (TPSA) is 37.8 Å². The first-order valence-corrected chi connectivity index (χ1v) is 7.37. The first-order chi connectivity index (χ1) is 9.15. The number of nitrogens with one attached hydrogen (secondary N) is 1. The van der Waals surface area contributed by atoms with E-state index in [1.54, 1.807) is 14.0 Å². The summed E-state index contributed by atoms with van der Waals surface area (Å²) in [4.78, 5) is 8.70. The molecule has 19 heavy (non-hydrogen) atoms. The van der Waals surface area contributed by atoms with Crippen molar-refractivity contribution >= 4 is 5.82 Å². The van der Waals surface area contributed by atoms with Gasteiger partial charge in [0.1, 0.15) is 5.82 Å². The van der Waals surface area contributed by atoms with Gasteiger partial charge in [-0.05, 0) is 38.5 Å². The van der Waals surface area contributed by atoms with Crippen LogP contribution in [0.3, 0.4) is 0 Å². The van der Waals surface area contributed by atoms with Crippen molar-refractivity contribution in [2.75, 3.05) is 12.4 Å². The molecule has 0 aliphatic heterocycles. The van der Waals surface area contributed by atoms with E-state index in [0.717, 1.165) is 24.6 Å². The zero-order valence-electron chi connectivity index (χ0n) is 12.2. The smallest absolute Gasteiger partial charge is 0.186 e. The Morgan fingerprint density at radius 2 is 1.89 bits per heavy atom. The molecule has 1 aliphatic rings. The van der Waals surface area contributed by atoms with Crippen molar-refractivity contribution in [2.24, 2.45) is 5.92 Å². The fraction of sp³-hybridized carbons (Fsp3) is 0.733. The molecule has 1 fully saturated rings. The molecule has 106 valence electrons. The Morgan fingerprint density at radius 3 is 2.47 bits per heavy atom. The lowest BCUT2D eigenvalue weighted by molar-refractivity contribution is 0.302. The summed E-state index contributed by atoms with van der Waals surface area (Å²) in [6.45, 7) is 3.96. The van der Waals surface area contributed by atoms with Gasteiger partial charge in [-0.25, -0.2) is 14.4 Å². The third-order valence-electron chi connectivity index (χ3n) is 4.18. The molecule has 0 amide bonds. The number of anilines is 1. The van der Waals surface area contributed by atoms with Crippen LogP contribution in [0.5, 0.6) is 0 Å². The van der Waals surface area contributed by atoms with Crippen LogP contribution in [0.4, 0.5) is 10.2 Å². The molecule has 1 heterocycles. The van der Waals surface area contributed by atoms with Gasteiger partial charge in [-0.15, -0.1) is 0 Å². The zero-order valence-corrected chi connectivity index (χ0v) is 12.2. The molecular formula is C15H24FN3. The first kappa shape index (κ1) is 14.2. The van der Waals surface area contributed by atoms with Gasteiger partial charge < -0.3 is 5.32 Å². The normalized spacial score (nSPS) is 23.4. The Bertz CT molecular complexity index is 426. The molecule has 1 N–H and O–H groups in total. The van der Waals surface area contributed by atoms with Gasteiger partial charge in [-0.2, -0.15) is 0 Å². The maximum atomic E-state index is 13.7. The molecule has 0 unspecified atom stereocenters. The number of hydrogen-bond acceptors (Lipinski definition) is 3. The quantitative estimate of drug-likeness (QED) is 0.892. The minimum atomic E-state index is -0.328. The third kappa shape index (κ3) is 3.23. The lowest BCUT2D eigenvalue weighted by atomic mass is 9.80. The molecule has 1 saturated carbocycles. The predicted molar refractivity (Wildman–Crippen MR) is 75.9 cm³/mol. The summed E-state index contributed by atoms with van der Waals surface area (Å²) in [6, 6.07) is 0. The van der Waals surface area contributed by atoms with Crippen LogP contribution in [-0.2, 0) is 0 Å². The van der Waals surface area contributed by atoms with Crippen LogP contribution in [0.15, 0.2) is 0 Å². The number of halogens is 1. The van der Waals surface area contributed by atoms with Crippen molar-refractivity contribution in [1.82, 2.24) is 9.97 Å². The molecule has 2 rings (SSSR count). The summed E-state index contributed by atoms with van der Waals surface area (Å²) < 4.78 is 13.7. The largest absolute Gasteiger partial charge is 0.371 e. The summed E-state index contributed by atoms with van der Waals surface area (Å²) >= 11 is 0. The average molecular weight is 265 g/mol. The van der Waals surface area contributed by atoms with Crippen LogP contribution in [-0.4, -0.2) is 17.0 Å². The molecule has 0 bridgehead atoms. The Balaban J connectivity index is 2.09. The minimum Gasteiger partial charge on any atom is -0.371 e. The van der Waals surface area contributed by atoms with E-state index in [9.17, 15) is 4.39 Å². The van der Waals surface area contributed by atoms with E-state index in [1.165, 1.54) is 25.7 Å². The van der Waals surface area contributed by atoms with Crippen LogP contribution in [0.25, 0.3) is 0 Å². The highest BCUT2D eigenvalue weighted by Crippen LogP contribution is 2.36. The molecule has 0 saturated heterocycles. The van der Waals surface area contributed by atoms with Crippen molar-refractivity contribution in [3.8, 4) is 0 Å². The van der Waals surface area contributed by atoms with E-state index in [1.807, 2.05) is 0 Å². The molecule has 1 aromatic heterocycles. The van der Waals surface area contributed by atoms with Gasteiger partial charge in [-0.1, -0.05) is 19.8 Å². The lowest BCUT2D eigenvalue weighted by Crippen LogP contribution is -2.17. The summed E-state index contributed by atoms with van der Waals surface area (Å²) in [5.41, 5.74) is 0.449. The second kappa shape index (κ2) is 6.31. The van der Waals surface area contributed by atoms with E-state index in [4.69, 9.17) is 0 Å². The van der Waals surface area contributed by atoms with E-state index >= 15 is 0 Å². The SMILES string of the molecule is CCCC1CCC(c2nc(C)c(F)c(NC)n2)CC1. The zero-order chi connectivity index (χ0) is 13.8. The molecule has 0 atom stereocenters. The Kier molecular flexibility index (Phi) is 4.72. The van der Waals surface area contributed by atoms with Gasteiger partial charge in [-0.3, -0.25) is 0 Å². The van der Waals surface area contributed by atoms with Crippen molar-refractivity contribution in [1.29, 1.82) is 0 Å². The molecule has 0 radical (unpaired) electrons. The van der Waals surface area contributed by atoms with Gasteiger partial charge in [0.15, 0.2) is 11.6 Å². The highest BCUT2D eigenvalue weighted by atomic mass is 19.1. The van der Waals surface area contributed by atoms with Crippen LogP contribution in [0, 0.1) is 18.7 Å². The van der Waals surface area contributed by atoms with Gasteiger partial charge in [0.05, 0.1) is 5.69 Å². The van der Waals surface area contributed by atoms with E-state index < -0.39 is 0 Å². The Labute approximate surface area is 115 Å². The van der Waals surface area contributed by atoms with Crippen molar-refractivity contribution < 1.29 is 4.39 Å². The highest BCUT2D eigenvalue weighted by molar-refractivity contribution is 5.37. The van der Waals surface area contributed by atoms with Crippen LogP contribution < -0.4 is 5.32 Å². The first-order valence-electron chi connectivity index (χ1n) is 7.37. The third-order valence-corrected chi connectivity index (χ3v) is 4.18. The van der Waals surface area contributed by atoms with Crippen molar-refractivity contribution in [2.45, 2.75) is 58.3 Å². The summed E-state index contributed by atoms with van der Waals surface area (Å²) in [7, 11) is 1.70. The molecule has 0 spiro atoms. The van der Waals surface area contributed by atoms with E-state index in [-0.39, 0.29) is 5.82 Å². The molecule has 0 aromatic carbocycles. The molecular weight excluding hydrogens is 241 g/mol. The molecule has 1 aromatic rings. The fourth-order valence-corrected chi connectivity index (χ4v) is 3.05. The second-order valence-electron chi connectivity index (χ2n) is 5.59. The summed E-state index contributed by atoms with van der Waals surface area (Å²) in [5.74, 6) is 2.09. The summed E-state index contributed by atoms with van der Waals surface area (Å²) in [6.07, 6.45) is 7.39. The second-order valence-corrected chi connectivity index (χ2v) is 5.59. The van der Waals surface area contributed by atoms with Gasteiger partial charge in [0.25, 0.3) is 0 Å². The number of rotatable bonds is 4. The fourth-order valence-electron chi connectivity index (χ4n) is 3.05. The monoisotopic (exact) mass is 265 g/mol. The molecule has 3 nitrogen and oxygen atoms in total. The number of aromatic nitrogens is 2. The average Bonchev–Trinajstić information content (AvgIpc) is 2.43. The Hall–Kier alpha value is -1.19. The lowest BCUT2D eigenvalue weighted by Gasteiger charge is -2.27. The summed E-state index contributed by atoms with van der Waals surface area (Å²) in [5, 5.41) is 2.82. The van der Waals surface area contributed by atoms with Crippen LogP contribution in [0.1, 0.15) is 62.9 Å². The van der Waals surface area contributed by atoms with Gasteiger partial charge >= 0.3 is 0 Å². The number of hydrogen-bond donors (Lipinski definition) is 1. The maximum Gasteiger partial charge on any atom is 0.186 e. The molecule has 4 heteroatoms. The van der Waals surface area contributed by atoms with Gasteiger partial charge in [0.2, 0.25) is 0 Å². The molecule has 1 aliphatic carbocycles. The standard InChI is InChI=1S/C15H24FN3/c1-4-5-11-6-8-12(9-7-11)14-18-10(2)13(16)15(17-3)19-14/h11-12H,4-9H2,1-3H3,(H,17,18,19). The van der Waals surface area contributed by atoms with Gasteiger partial charge in [0, 0.05) is 13.0 Å².